The van der Waals surface area contributed by atoms with Gasteiger partial charge in [0.2, 0.25) is 5.91 Å². The molecule has 6 nitrogen and oxygen atoms in total. The molecule has 2 atom stereocenters. The lowest BCUT2D eigenvalue weighted by Gasteiger charge is -2.48. The Morgan fingerprint density at radius 3 is 1.92 bits per heavy atom. The van der Waals surface area contributed by atoms with Gasteiger partial charge in [0, 0.05) is 51.2 Å². The van der Waals surface area contributed by atoms with Crippen molar-refractivity contribution >= 4 is 12.0 Å². The van der Waals surface area contributed by atoms with Gasteiger partial charge in [0.25, 0.3) is 0 Å². The Kier molecular flexibility index (Phi) is 5.78. The molecule has 6 heteroatoms. The van der Waals surface area contributed by atoms with Crippen LogP contribution in [0, 0.1) is 0 Å². The minimum atomic E-state index is -0.465. The first-order chi connectivity index (χ1) is 11.1. The van der Waals surface area contributed by atoms with Gasteiger partial charge in [0.1, 0.15) is 5.60 Å². The van der Waals surface area contributed by atoms with Gasteiger partial charge >= 0.3 is 6.09 Å². The van der Waals surface area contributed by atoms with Gasteiger partial charge in [-0.3, -0.25) is 9.69 Å². The molecule has 2 amide bonds. The summed E-state index contributed by atoms with van der Waals surface area (Å²) in [6, 6.07) is 0.773. The largest absolute Gasteiger partial charge is 0.444 e. The fraction of sp³-hybridized carbons (Fsp3) is 0.889. The highest BCUT2D eigenvalue weighted by molar-refractivity contribution is 5.73. The van der Waals surface area contributed by atoms with Gasteiger partial charge in [0.05, 0.1) is 0 Å². The van der Waals surface area contributed by atoms with Crippen molar-refractivity contribution in [3.8, 4) is 0 Å². The zero-order chi connectivity index (χ0) is 18.1. The Balaban J connectivity index is 1.93. The fourth-order valence-corrected chi connectivity index (χ4v) is 3.88. The molecule has 2 aliphatic rings. The number of nitrogens with zero attached hydrogens (tertiary/aromatic N) is 3. The standard InChI is InChI=1S/C18H33N3O3/c1-13-11-20(16-7-9-19(10-8-16)15(3)22)12-14(2)21(13)17(23)24-18(4,5)6/h13-14,16H,7-12H2,1-6H3/t13-,14+. The summed E-state index contributed by atoms with van der Waals surface area (Å²) in [5, 5.41) is 0. The summed E-state index contributed by atoms with van der Waals surface area (Å²) in [6.07, 6.45) is 1.82. The second-order valence-electron chi connectivity index (χ2n) is 8.28. The first-order valence-corrected chi connectivity index (χ1v) is 9.09. The zero-order valence-corrected chi connectivity index (χ0v) is 16.0. The summed E-state index contributed by atoms with van der Waals surface area (Å²) in [4.78, 5) is 30.3. The van der Waals surface area contributed by atoms with Gasteiger partial charge in [-0.25, -0.2) is 4.79 Å². The van der Waals surface area contributed by atoms with E-state index in [0.717, 1.165) is 39.0 Å². The molecule has 0 aliphatic carbocycles. The van der Waals surface area contributed by atoms with E-state index in [2.05, 4.69) is 18.7 Å². The quantitative estimate of drug-likeness (QED) is 0.736. The Hall–Kier alpha value is -1.30. The van der Waals surface area contributed by atoms with E-state index >= 15 is 0 Å². The third-order valence-corrected chi connectivity index (χ3v) is 4.98. The van der Waals surface area contributed by atoms with Crippen molar-refractivity contribution in [2.24, 2.45) is 0 Å². The molecular weight excluding hydrogens is 306 g/mol. The molecule has 0 spiro atoms. The zero-order valence-electron chi connectivity index (χ0n) is 16.0. The molecule has 0 saturated carbocycles. The molecule has 0 radical (unpaired) electrons. The number of rotatable bonds is 1. The summed E-state index contributed by atoms with van der Waals surface area (Å²) in [6.45, 7) is 15.0. The minimum Gasteiger partial charge on any atom is -0.444 e. The average molecular weight is 339 g/mol. The van der Waals surface area contributed by atoms with Crippen LogP contribution in [0.15, 0.2) is 0 Å². The molecule has 0 N–H and O–H groups in total. The number of piperidine rings is 1. The van der Waals surface area contributed by atoms with Gasteiger partial charge in [-0.05, 0) is 47.5 Å². The van der Waals surface area contributed by atoms with Crippen LogP contribution in [-0.2, 0) is 9.53 Å². The molecule has 0 bridgehead atoms. The highest BCUT2D eigenvalue weighted by Gasteiger charge is 2.38. The van der Waals surface area contributed by atoms with E-state index in [1.807, 2.05) is 30.6 Å². The predicted octanol–water partition coefficient (Wildman–Crippen LogP) is 2.33. The normalized spacial score (nSPS) is 27.2. The number of carbonyl (C=O) groups is 2. The number of piperazine rings is 1. The van der Waals surface area contributed by atoms with E-state index in [0.29, 0.717) is 6.04 Å². The molecule has 0 aromatic rings. The van der Waals surface area contributed by atoms with Crippen LogP contribution in [0.5, 0.6) is 0 Å². The van der Waals surface area contributed by atoms with Crippen LogP contribution in [0.2, 0.25) is 0 Å². The first-order valence-electron chi connectivity index (χ1n) is 9.09. The lowest BCUT2D eigenvalue weighted by atomic mass is 9.99. The molecule has 0 aromatic carbocycles. The Bertz CT molecular complexity index is 455. The molecular formula is C18H33N3O3. The van der Waals surface area contributed by atoms with Crippen molar-refractivity contribution in [3.05, 3.63) is 0 Å². The maximum atomic E-state index is 12.5. The smallest absolute Gasteiger partial charge is 0.410 e. The maximum absolute atomic E-state index is 12.5. The highest BCUT2D eigenvalue weighted by atomic mass is 16.6. The highest BCUT2D eigenvalue weighted by Crippen LogP contribution is 2.25. The third-order valence-electron chi connectivity index (χ3n) is 4.98. The Morgan fingerprint density at radius 1 is 1.00 bits per heavy atom. The van der Waals surface area contributed by atoms with Gasteiger partial charge in [-0.15, -0.1) is 0 Å². The minimum absolute atomic E-state index is 0.134. The van der Waals surface area contributed by atoms with E-state index < -0.39 is 5.60 Å². The molecule has 0 unspecified atom stereocenters. The van der Waals surface area contributed by atoms with Crippen LogP contribution in [0.3, 0.4) is 0 Å². The van der Waals surface area contributed by atoms with Crippen molar-refractivity contribution in [2.75, 3.05) is 26.2 Å². The molecule has 2 rings (SSSR count). The third kappa shape index (κ3) is 4.62. The number of hydrogen-bond acceptors (Lipinski definition) is 4. The topological polar surface area (TPSA) is 53.1 Å². The molecule has 24 heavy (non-hydrogen) atoms. The van der Waals surface area contributed by atoms with Gasteiger partial charge in [0.15, 0.2) is 0 Å². The van der Waals surface area contributed by atoms with E-state index in [1.165, 1.54) is 0 Å². The van der Waals surface area contributed by atoms with Crippen molar-refractivity contribution < 1.29 is 14.3 Å². The molecule has 2 aliphatic heterocycles. The number of ether oxygens (including phenoxy) is 1. The van der Waals surface area contributed by atoms with Gasteiger partial charge < -0.3 is 14.5 Å². The van der Waals surface area contributed by atoms with Crippen LogP contribution in [-0.4, -0.2) is 76.6 Å². The molecule has 2 saturated heterocycles. The van der Waals surface area contributed by atoms with Crippen LogP contribution >= 0.6 is 0 Å². The number of carbonyl (C=O) groups excluding carboxylic acids is 2. The monoisotopic (exact) mass is 339 g/mol. The van der Waals surface area contributed by atoms with Gasteiger partial charge in [-0.2, -0.15) is 0 Å². The van der Waals surface area contributed by atoms with Crippen LogP contribution in [0.1, 0.15) is 54.4 Å². The van der Waals surface area contributed by atoms with E-state index in [-0.39, 0.29) is 24.1 Å². The van der Waals surface area contributed by atoms with Crippen molar-refractivity contribution in [2.45, 2.75) is 78.1 Å². The molecule has 138 valence electrons. The summed E-state index contributed by atoms with van der Waals surface area (Å²) in [5.41, 5.74) is -0.465. The van der Waals surface area contributed by atoms with Crippen LogP contribution < -0.4 is 0 Å². The Labute approximate surface area is 146 Å². The van der Waals surface area contributed by atoms with Crippen LogP contribution in [0.25, 0.3) is 0 Å². The van der Waals surface area contributed by atoms with Crippen molar-refractivity contribution in [1.82, 2.24) is 14.7 Å². The van der Waals surface area contributed by atoms with Crippen LogP contribution in [0.4, 0.5) is 4.79 Å². The first kappa shape index (κ1) is 19.0. The molecule has 2 heterocycles. The summed E-state index contributed by atoms with van der Waals surface area (Å²) in [5.74, 6) is 0.171. The Morgan fingerprint density at radius 2 is 1.50 bits per heavy atom. The summed E-state index contributed by atoms with van der Waals surface area (Å²) >= 11 is 0. The van der Waals surface area contributed by atoms with Crippen molar-refractivity contribution in [3.63, 3.8) is 0 Å². The van der Waals surface area contributed by atoms with E-state index in [1.54, 1.807) is 6.92 Å². The summed E-state index contributed by atoms with van der Waals surface area (Å²) in [7, 11) is 0. The fourth-order valence-electron chi connectivity index (χ4n) is 3.88. The molecule has 0 aromatic heterocycles. The maximum Gasteiger partial charge on any atom is 0.410 e. The number of amides is 2. The van der Waals surface area contributed by atoms with E-state index in [9.17, 15) is 9.59 Å². The lowest BCUT2D eigenvalue weighted by molar-refractivity contribution is -0.130. The number of likely N-dealkylation sites (tertiary alicyclic amines) is 1. The number of hydrogen-bond donors (Lipinski definition) is 0. The predicted molar refractivity (Wildman–Crippen MR) is 93.8 cm³/mol. The van der Waals surface area contributed by atoms with E-state index in [4.69, 9.17) is 4.74 Å². The second-order valence-corrected chi connectivity index (χ2v) is 8.28. The second kappa shape index (κ2) is 7.30. The van der Waals surface area contributed by atoms with Gasteiger partial charge in [-0.1, -0.05) is 0 Å². The van der Waals surface area contributed by atoms with Crippen molar-refractivity contribution in [1.29, 1.82) is 0 Å². The SMILES string of the molecule is CC(=O)N1CCC(N2C[C@@H](C)N(C(=O)OC(C)(C)C)[C@@H](C)C2)CC1. The molecule has 2 fully saturated rings. The lowest BCUT2D eigenvalue weighted by Crippen LogP contribution is -2.62. The summed E-state index contributed by atoms with van der Waals surface area (Å²) < 4.78 is 5.56. The average Bonchev–Trinajstić information content (AvgIpc) is 2.44.